The normalized spacial score (nSPS) is 14.9. The Hall–Kier alpha value is -0.760. The highest BCUT2D eigenvalue weighted by Gasteiger charge is 2.30. The Morgan fingerprint density at radius 3 is 1.45 bits per heavy atom. The minimum atomic E-state index is -3.68. The molecule has 196 valence electrons. The van der Waals surface area contributed by atoms with Crippen LogP contribution >= 0.6 is 14.7 Å². The lowest BCUT2D eigenvalue weighted by Crippen LogP contribution is -2.28. The summed E-state index contributed by atoms with van der Waals surface area (Å²) < 4.78 is 34.9. The van der Waals surface area contributed by atoms with Gasteiger partial charge in [0.05, 0.1) is 0 Å². The van der Waals surface area contributed by atoms with Gasteiger partial charge in [-0.15, -0.1) is 0 Å². The summed E-state index contributed by atoms with van der Waals surface area (Å²) in [7, 11) is -7.36. The monoisotopic (exact) mass is 514 g/mol. The van der Waals surface area contributed by atoms with Crippen molar-refractivity contribution in [3.63, 3.8) is 0 Å². The first-order valence-electron chi connectivity index (χ1n) is 11.9. The van der Waals surface area contributed by atoms with Crippen LogP contribution in [0.3, 0.4) is 0 Å². The van der Waals surface area contributed by atoms with Crippen molar-refractivity contribution in [3.05, 3.63) is 0 Å². The van der Waals surface area contributed by atoms with E-state index in [2.05, 4.69) is 10.6 Å². The first-order valence-corrected chi connectivity index (χ1v) is 16.0. The second kappa shape index (κ2) is 19.5. The fourth-order valence-corrected chi connectivity index (χ4v) is 8.31. The lowest BCUT2D eigenvalue weighted by molar-refractivity contribution is -0.126. The van der Waals surface area contributed by atoms with Crippen molar-refractivity contribution in [1.29, 1.82) is 0 Å². The Bertz CT molecular complexity index is 581. The smallest absolute Gasteiger partial charge is 0.245 e. The molecule has 0 aromatic rings. The summed E-state index contributed by atoms with van der Waals surface area (Å²) in [6, 6.07) is 0. The van der Waals surface area contributed by atoms with Crippen LogP contribution < -0.4 is 10.6 Å². The number of unbranched alkanes of at least 4 members (excludes halogenated alkanes) is 4. The van der Waals surface area contributed by atoms with Crippen LogP contribution in [-0.4, -0.2) is 79.3 Å². The van der Waals surface area contributed by atoms with E-state index in [1.807, 2.05) is 13.8 Å². The van der Waals surface area contributed by atoms with Crippen LogP contribution in [0, 0.1) is 0 Å². The van der Waals surface area contributed by atoms with Gasteiger partial charge in [-0.05, 0) is 38.5 Å². The fraction of sp³-hybridized carbons (Fsp3) is 0.905. The van der Waals surface area contributed by atoms with Crippen LogP contribution in [0.25, 0.3) is 0 Å². The Morgan fingerprint density at radius 1 is 0.697 bits per heavy atom. The minimum absolute atomic E-state index is 0.00274. The SMILES string of the molecule is CCCOCC(=O)NCCCCCP(=O)(O)CP(=O)(O)CCCCCNC(=O)COCCC. The number of hydrogen-bond acceptors (Lipinski definition) is 6. The molecule has 0 rings (SSSR count). The van der Waals surface area contributed by atoms with Gasteiger partial charge in [-0.3, -0.25) is 18.7 Å². The summed E-state index contributed by atoms with van der Waals surface area (Å²) in [4.78, 5) is 43.1. The highest BCUT2D eigenvalue weighted by molar-refractivity contribution is 7.75. The molecule has 2 atom stereocenters. The lowest BCUT2D eigenvalue weighted by atomic mass is 10.2. The Morgan fingerprint density at radius 2 is 1.09 bits per heavy atom. The Labute approximate surface area is 198 Å². The fourth-order valence-electron chi connectivity index (χ4n) is 2.98. The van der Waals surface area contributed by atoms with E-state index in [0.717, 1.165) is 12.8 Å². The van der Waals surface area contributed by atoms with Gasteiger partial charge in [0.1, 0.15) is 19.1 Å². The molecule has 4 N–H and O–H groups in total. The van der Waals surface area contributed by atoms with Gasteiger partial charge < -0.3 is 29.9 Å². The van der Waals surface area contributed by atoms with Crippen molar-refractivity contribution in [2.24, 2.45) is 0 Å². The largest absolute Gasteiger partial charge is 0.372 e. The molecule has 0 saturated carbocycles. The molecule has 0 heterocycles. The summed E-state index contributed by atoms with van der Waals surface area (Å²) in [5.41, 5.74) is 0. The van der Waals surface area contributed by atoms with E-state index >= 15 is 0 Å². The van der Waals surface area contributed by atoms with Gasteiger partial charge in [0.15, 0.2) is 0 Å². The second-order valence-electron chi connectivity index (χ2n) is 8.21. The average molecular weight is 515 g/mol. The molecular formula is C21H44N2O8P2. The molecule has 0 radical (unpaired) electrons. The molecule has 0 aliphatic carbocycles. The van der Waals surface area contributed by atoms with E-state index in [1.54, 1.807) is 0 Å². The van der Waals surface area contributed by atoms with Crippen molar-refractivity contribution in [3.8, 4) is 0 Å². The van der Waals surface area contributed by atoms with E-state index in [-0.39, 0.29) is 37.4 Å². The lowest BCUT2D eigenvalue weighted by Gasteiger charge is -2.16. The molecule has 0 bridgehead atoms. The van der Waals surface area contributed by atoms with Crippen molar-refractivity contribution in [2.45, 2.75) is 65.2 Å². The molecule has 0 aromatic heterocycles. The van der Waals surface area contributed by atoms with Crippen LogP contribution in [0.5, 0.6) is 0 Å². The van der Waals surface area contributed by atoms with E-state index < -0.39 is 20.6 Å². The van der Waals surface area contributed by atoms with Gasteiger partial charge in [-0.25, -0.2) is 0 Å². The van der Waals surface area contributed by atoms with E-state index in [4.69, 9.17) is 9.47 Å². The number of hydrogen-bond donors (Lipinski definition) is 4. The van der Waals surface area contributed by atoms with Gasteiger partial charge in [0, 0.05) is 38.6 Å². The number of rotatable bonds is 22. The third-order valence-electron chi connectivity index (χ3n) is 4.62. The number of nitrogens with one attached hydrogen (secondary N) is 2. The zero-order chi connectivity index (χ0) is 25.0. The van der Waals surface area contributed by atoms with E-state index in [9.17, 15) is 28.5 Å². The second-order valence-corrected chi connectivity index (χ2v) is 13.6. The number of carbonyl (C=O) groups is 2. The Balaban J connectivity index is 3.86. The Kier molecular flexibility index (Phi) is 19.1. The van der Waals surface area contributed by atoms with Crippen molar-refractivity contribution >= 4 is 26.6 Å². The van der Waals surface area contributed by atoms with Crippen LogP contribution in [0.1, 0.15) is 65.2 Å². The molecule has 33 heavy (non-hydrogen) atoms. The predicted octanol–water partition coefficient (Wildman–Crippen LogP) is 2.91. The maximum atomic E-state index is 12.3. The molecule has 0 saturated heterocycles. The molecule has 0 aliphatic rings. The molecule has 2 unspecified atom stereocenters. The van der Waals surface area contributed by atoms with Crippen molar-refractivity contribution < 1.29 is 38.0 Å². The summed E-state index contributed by atoms with van der Waals surface area (Å²) in [6.07, 6.45) is 5.23. The van der Waals surface area contributed by atoms with Gasteiger partial charge in [0.2, 0.25) is 26.6 Å². The first-order chi connectivity index (χ1) is 15.6. The summed E-state index contributed by atoms with van der Waals surface area (Å²) in [5.74, 6) is -0.918. The quantitative estimate of drug-likeness (QED) is 0.127. The standard InChI is InChI=1S/C21H44N2O8P2/c1-3-13-30-17-20(24)22-11-7-5-9-15-32(26,27)19-33(28,29)16-10-6-8-12-23-21(25)18-31-14-4-2/h3-19H2,1-2H3,(H,22,24)(H,23,25)(H,26,27)(H,28,29). The summed E-state index contributed by atoms with van der Waals surface area (Å²) >= 11 is 0. The molecule has 0 spiro atoms. The zero-order valence-corrected chi connectivity index (χ0v) is 22.0. The van der Waals surface area contributed by atoms with E-state index in [0.29, 0.717) is 64.8 Å². The van der Waals surface area contributed by atoms with E-state index in [1.165, 1.54) is 0 Å². The predicted molar refractivity (Wildman–Crippen MR) is 130 cm³/mol. The van der Waals surface area contributed by atoms with Gasteiger partial charge in [-0.2, -0.15) is 0 Å². The van der Waals surface area contributed by atoms with Crippen LogP contribution in [0.15, 0.2) is 0 Å². The highest BCUT2D eigenvalue weighted by Crippen LogP contribution is 2.57. The average Bonchev–Trinajstić information content (AvgIpc) is 2.72. The maximum absolute atomic E-state index is 12.3. The van der Waals surface area contributed by atoms with Crippen LogP contribution in [0.4, 0.5) is 0 Å². The third-order valence-corrected chi connectivity index (χ3v) is 10.2. The zero-order valence-electron chi connectivity index (χ0n) is 20.3. The third kappa shape index (κ3) is 21.5. The van der Waals surface area contributed by atoms with Gasteiger partial charge >= 0.3 is 0 Å². The number of amides is 2. The number of carbonyl (C=O) groups excluding carboxylic acids is 2. The molecule has 0 aliphatic heterocycles. The van der Waals surface area contributed by atoms with Gasteiger partial charge in [-0.1, -0.05) is 26.7 Å². The van der Waals surface area contributed by atoms with Crippen LogP contribution in [0.2, 0.25) is 0 Å². The maximum Gasteiger partial charge on any atom is 0.245 e. The van der Waals surface area contributed by atoms with Crippen molar-refractivity contribution in [1.82, 2.24) is 10.6 Å². The van der Waals surface area contributed by atoms with Crippen molar-refractivity contribution in [2.75, 3.05) is 57.7 Å². The number of ether oxygens (including phenoxy) is 2. The molecule has 2 amide bonds. The summed E-state index contributed by atoms with van der Waals surface area (Å²) in [6.45, 7) is 6.02. The molecule has 0 fully saturated rings. The first kappa shape index (κ1) is 32.2. The van der Waals surface area contributed by atoms with Gasteiger partial charge in [0.25, 0.3) is 0 Å². The van der Waals surface area contributed by atoms with Crippen LogP contribution in [-0.2, 0) is 28.2 Å². The summed E-state index contributed by atoms with van der Waals surface area (Å²) in [5, 5.41) is 5.45. The minimum Gasteiger partial charge on any atom is -0.372 e. The molecule has 10 nitrogen and oxygen atoms in total. The molecular weight excluding hydrogens is 470 g/mol. The molecule has 0 aromatic carbocycles. The molecule has 12 heteroatoms. The highest BCUT2D eigenvalue weighted by atomic mass is 31.2. The topological polar surface area (TPSA) is 151 Å².